The summed E-state index contributed by atoms with van der Waals surface area (Å²) in [5.41, 5.74) is 2.72. The number of carbonyl (C=O) groups is 1. The van der Waals surface area contributed by atoms with Gasteiger partial charge in [-0.05, 0) is 56.1 Å². The van der Waals surface area contributed by atoms with Crippen LogP contribution in [-0.2, 0) is 0 Å². The van der Waals surface area contributed by atoms with E-state index in [0.717, 1.165) is 4.47 Å². The van der Waals surface area contributed by atoms with Gasteiger partial charge in [0.15, 0.2) is 4.67 Å². The number of hydrogen-bond donors (Lipinski definition) is 2. The van der Waals surface area contributed by atoms with Crippen LogP contribution in [0.1, 0.15) is 5.76 Å². The van der Waals surface area contributed by atoms with Gasteiger partial charge in [-0.2, -0.15) is 5.10 Å². The Kier molecular flexibility index (Phi) is 4.91. The van der Waals surface area contributed by atoms with E-state index in [1.807, 2.05) is 0 Å². The molecule has 0 fully saturated rings. The highest BCUT2D eigenvalue weighted by Crippen LogP contribution is 2.25. The van der Waals surface area contributed by atoms with Crippen LogP contribution in [0.3, 0.4) is 0 Å². The lowest BCUT2D eigenvalue weighted by Crippen LogP contribution is -2.24. The summed E-state index contributed by atoms with van der Waals surface area (Å²) >= 11 is 6.44. The van der Waals surface area contributed by atoms with Crippen LogP contribution in [0.15, 0.2) is 49.0 Å². The molecule has 0 atom stereocenters. The van der Waals surface area contributed by atoms with Gasteiger partial charge in [0.1, 0.15) is 11.6 Å². The molecule has 0 unspecified atom stereocenters. The van der Waals surface area contributed by atoms with E-state index < -0.39 is 6.03 Å². The molecule has 0 saturated heterocycles. The molecule has 1 aromatic heterocycles. The van der Waals surface area contributed by atoms with Crippen LogP contribution in [0.25, 0.3) is 0 Å². The summed E-state index contributed by atoms with van der Waals surface area (Å²) in [6.07, 6.45) is 1.35. The maximum absolute atomic E-state index is 12.7. The largest absolute Gasteiger partial charge is 0.447 e. The third-order valence-corrected chi connectivity index (χ3v) is 3.83. The third kappa shape index (κ3) is 4.17. The molecule has 104 valence electrons. The lowest BCUT2D eigenvalue weighted by Gasteiger charge is -2.03. The number of nitrogens with zero attached hydrogens (tertiary/aromatic N) is 1. The van der Waals surface area contributed by atoms with Gasteiger partial charge in [-0.25, -0.2) is 14.6 Å². The van der Waals surface area contributed by atoms with Crippen LogP contribution in [0.4, 0.5) is 14.9 Å². The number of benzene rings is 1. The number of hydrazone groups is 1. The molecule has 0 aliphatic rings. The van der Waals surface area contributed by atoms with Crippen molar-refractivity contribution in [2.24, 2.45) is 5.10 Å². The molecule has 2 N–H and O–H groups in total. The highest BCUT2D eigenvalue weighted by molar-refractivity contribution is 9.13. The minimum absolute atomic E-state index is 0.372. The summed E-state index contributed by atoms with van der Waals surface area (Å²) in [6, 6.07) is 6.52. The molecule has 1 aromatic carbocycles. The number of halogens is 3. The van der Waals surface area contributed by atoms with Crippen molar-refractivity contribution in [2.75, 3.05) is 5.32 Å². The minimum atomic E-state index is -0.544. The number of carbonyl (C=O) groups excluding carboxylic acids is 1. The maximum Gasteiger partial charge on any atom is 0.339 e. The van der Waals surface area contributed by atoms with Gasteiger partial charge in [0.25, 0.3) is 0 Å². The van der Waals surface area contributed by atoms with Crippen LogP contribution in [0.5, 0.6) is 0 Å². The molecule has 0 saturated carbocycles. The number of amides is 2. The summed E-state index contributed by atoms with van der Waals surface area (Å²) in [6.45, 7) is 0. The minimum Gasteiger partial charge on any atom is -0.447 e. The van der Waals surface area contributed by atoms with E-state index in [9.17, 15) is 9.18 Å². The molecule has 0 radical (unpaired) electrons. The smallest absolute Gasteiger partial charge is 0.339 e. The first-order chi connectivity index (χ1) is 9.54. The molecule has 5 nitrogen and oxygen atoms in total. The number of rotatable bonds is 3. The van der Waals surface area contributed by atoms with Gasteiger partial charge in [0, 0.05) is 11.8 Å². The number of anilines is 1. The Balaban J connectivity index is 1.87. The van der Waals surface area contributed by atoms with Gasteiger partial charge in [-0.3, -0.25) is 0 Å². The summed E-state index contributed by atoms with van der Waals surface area (Å²) in [7, 11) is 0. The maximum atomic E-state index is 12.7. The van der Waals surface area contributed by atoms with E-state index in [-0.39, 0.29) is 5.82 Å². The third-order valence-electron chi connectivity index (χ3n) is 2.12. The first-order valence-electron chi connectivity index (χ1n) is 5.35. The fourth-order valence-electron chi connectivity index (χ4n) is 1.27. The van der Waals surface area contributed by atoms with Crippen LogP contribution >= 0.6 is 31.9 Å². The lowest BCUT2D eigenvalue weighted by molar-refractivity contribution is 0.252. The predicted molar refractivity (Wildman–Crippen MR) is 80.3 cm³/mol. The predicted octanol–water partition coefficient (Wildman–Crippen LogP) is 4.10. The molecule has 0 aliphatic carbocycles. The lowest BCUT2D eigenvalue weighted by atomic mass is 10.3. The number of furan rings is 1. The Morgan fingerprint density at radius 3 is 2.60 bits per heavy atom. The van der Waals surface area contributed by atoms with Crippen molar-refractivity contribution in [1.29, 1.82) is 0 Å². The highest BCUT2D eigenvalue weighted by Gasteiger charge is 2.04. The first-order valence-corrected chi connectivity index (χ1v) is 6.93. The molecule has 0 spiro atoms. The average Bonchev–Trinajstić information content (AvgIpc) is 2.71. The molecular weight excluding hydrogens is 397 g/mol. The van der Waals surface area contributed by atoms with Crippen LogP contribution in [-0.4, -0.2) is 12.2 Å². The van der Waals surface area contributed by atoms with Crippen molar-refractivity contribution in [3.63, 3.8) is 0 Å². The van der Waals surface area contributed by atoms with Gasteiger partial charge < -0.3 is 9.73 Å². The second-order valence-electron chi connectivity index (χ2n) is 3.60. The summed E-state index contributed by atoms with van der Waals surface area (Å²) in [5, 5.41) is 6.21. The van der Waals surface area contributed by atoms with Crippen molar-refractivity contribution in [3.05, 3.63) is 51.1 Å². The highest BCUT2D eigenvalue weighted by atomic mass is 79.9. The topological polar surface area (TPSA) is 66.6 Å². The van der Waals surface area contributed by atoms with E-state index in [2.05, 4.69) is 47.7 Å². The van der Waals surface area contributed by atoms with Gasteiger partial charge in [-0.1, -0.05) is 0 Å². The zero-order valence-electron chi connectivity index (χ0n) is 9.86. The fourth-order valence-corrected chi connectivity index (χ4v) is 1.88. The Morgan fingerprint density at radius 1 is 1.30 bits per heavy atom. The normalized spacial score (nSPS) is 10.8. The average molecular weight is 405 g/mol. The number of nitrogens with one attached hydrogen (secondary N) is 2. The van der Waals surface area contributed by atoms with E-state index in [1.54, 1.807) is 6.07 Å². The quantitative estimate of drug-likeness (QED) is 0.597. The van der Waals surface area contributed by atoms with Gasteiger partial charge >= 0.3 is 6.03 Å². The Hall–Kier alpha value is -1.67. The van der Waals surface area contributed by atoms with E-state index >= 15 is 0 Å². The zero-order valence-corrected chi connectivity index (χ0v) is 13.0. The Bertz CT molecular complexity index is 621. The summed E-state index contributed by atoms with van der Waals surface area (Å²) in [5.74, 6) is 0.0915. The number of urea groups is 1. The van der Waals surface area contributed by atoms with E-state index in [4.69, 9.17) is 4.42 Å². The van der Waals surface area contributed by atoms with Crippen LogP contribution in [0.2, 0.25) is 0 Å². The van der Waals surface area contributed by atoms with Crippen molar-refractivity contribution >= 4 is 49.8 Å². The van der Waals surface area contributed by atoms with E-state index in [1.165, 1.54) is 30.5 Å². The second kappa shape index (κ2) is 6.67. The molecular formula is C12H8Br2FN3O2. The fraction of sp³-hybridized carbons (Fsp3) is 0. The molecule has 1 heterocycles. The van der Waals surface area contributed by atoms with Crippen molar-refractivity contribution in [3.8, 4) is 0 Å². The molecule has 20 heavy (non-hydrogen) atoms. The Morgan fingerprint density at radius 2 is 2.00 bits per heavy atom. The van der Waals surface area contributed by atoms with Crippen LogP contribution in [0, 0.1) is 5.82 Å². The zero-order chi connectivity index (χ0) is 14.5. The summed E-state index contributed by atoms with van der Waals surface area (Å²) in [4.78, 5) is 11.5. The number of hydrogen-bond acceptors (Lipinski definition) is 3. The molecule has 2 amide bonds. The molecule has 2 rings (SSSR count). The molecule has 2 aromatic rings. The standard InChI is InChI=1S/C12H8Br2FN3O2/c13-10-5-9(20-11(10)14)6-16-18-12(19)17-8-3-1-7(15)2-4-8/h1-6H,(H2,17,18,19)/b16-6+. The Labute approximate surface area is 130 Å². The molecule has 0 bridgehead atoms. The van der Waals surface area contributed by atoms with Crippen molar-refractivity contribution in [1.82, 2.24) is 5.43 Å². The van der Waals surface area contributed by atoms with Gasteiger partial charge in [-0.15, -0.1) is 0 Å². The van der Waals surface area contributed by atoms with Gasteiger partial charge in [0.05, 0.1) is 10.7 Å². The van der Waals surface area contributed by atoms with Crippen molar-refractivity contribution < 1.29 is 13.6 Å². The SMILES string of the molecule is O=C(N/N=C/c1cc(Br)c(Br)o1)Nc1ccc(F)cc1. The first kappa shape index (κ1) is 14.7. The van der Waals surface area contributed by atoms with Crippen LogP contribution < -0.4 is 10.7 Å². The molecule has 8 heteroatoms. The van der Waals surface area contributed by atoms with Crippen molar-refractivity contribution in [2.45, 2.75) is 0 Å². The van der Waals surface area contributed by atoms with E-state index in [0.29, 0.717) is 16.1 Å². The van der Waals surface area contributed by atoms with Gasteiger partial charge in [0.2, 0.25) is 0 Å². The summed E-state index contributed by atoms with van der Waals surface area (Å²) < 4.78 is 19.2. The second-order valence-corrected chi connectivity index (χ2v) is 5.18. The molecule has 0 aliphatic heterocycles. The monoisotopic (exact) mass is 403 g/mol.